The summed E-state index contributed by atoms with van der Waals surface area (Å²) in [6.45, 7) is 2.69. The van der Waals surface area contributed by atoms with Crippen LogP contribution in [0.2, 0.25) is 0 Å². The molecule has 2 aromatic carbocycles. The zero-order chi connectivity index (χ0) is 20.1. The molecule has 0 aliphatic carbocycles. The maximum Gasteiger partial charge on any atom is 0.342 e. The van der Waals surface area contributed by atoms with E-state index in [2.05, 4.69) is 0 Å². The van der Waals surface area contributed by atoms with Crippen molar-refractivity contribution in [3.63, 3.8) is 0 Å². The molecule has 0 aliphatic heterocycles. The number of furan rings is 1. The fourth-order valence-electron chi connectivity index (χ4n) is 3.03. The van der Waals surface area contributed by atoms with Gasteiger partial charge in [-0.05, 0) is 39.2 Å². The Morgan fingerprint density at radius 3 is 2.61 bits per heavy atom. The van der Waals surface area contributed by atoms with E-state index in [9.17, 15) is 9.90 Å². The van der Waals surface area contributed by atoms with Crippen molar-refractivity contribution in [1.29, 1.82) is 0 Å². The number of hydrogen-bond acceptors (Lipinski definition) is 6. The van der Waals surface area contributed by atoms with E-state index in [1.165, 1.54) is 0 Å². The molecule has 0 spiro atoms. The second-order valence-electron chi connectivity index (χ2n) is 6.78. The Labute approximate surface area is 164 Å². The van der Waals surface area contributed by atoms with E-state index >= 15 is 0 Å². The molecule has 0 bridgehead atoms. The van der Waals surface area contributed by atoms with Crippen LogP contribution in [0, 0.1) is 0 Å². The zero-order valence-electron chi connectivity index (χ0n) is 16.3. The Morgan fingerprint density at radius 1 is 1.18 bits per heavy atom. The van der Waals surface area contributed by atoms with Gasteiger partial charge in [0.1, 0.15) is 35.4 Å². The fourth-order valence-corrected chi connectivity index (χ4v) is 3.03. The predicted octanol–water partition coefficient (Wildman–Crippen LogP) is 3.58. The molecule has 0 unspecified atom stereocenters. The van der Waals surface area contributed by atoms with Gasteiger partial charge in [-0.1, -0.05) is 30.3 Å². The summed E-state index contributed by atoms with van der Waals surface area (Å²) in [5.41, 5.74) is 1.75. The minimum absolute atomic E-state index is 0.155. The second kappa shape index (κ2) is 8.91. The van der Waals surface area contributed by atoms with E-state index in [0.29, 0.717) is 34.6 Å². The monoisotopic (exact) mass is 383 g/mol. The molecule has 28 heavy (non-hydrogen) atoms. The predicted molar refractivity (Wildman–Crippen MR) is 108 cm³/mol. The van der Waals surface area contributed by atoms with E-state index in [1.54, 1.807) is 25.1 Å². The van der Waals surface area contributed by atoms with E-state index in [0.717, 1.165) is 5.56 Å². The number of carbonyl (C=O) groups is 1. The quantitative estimate of drug-likeness (QED) is 0.600. The number of ether oxygens (including phenoxy) is 2. The van der Waals surface area contributed by atoms with Crippen LogP contribution in [-0.2, 0) is 4.74 Å². The van der Waals surface area contributed by atoms with Crippen molar-refractivity contribution in [2.45, 2.75) is 13.0 Å². The fraction of sp³-hybridized carbons (Fsp3) is 0.318. The SMILES string of the molecule is CCOC(=O)c1c(-c2ccccc2)oc2ccc(OC[C@@H](O)CN(C)C)cc12. The number of aliphatic hydroxyl groups is 1. The number of rotatable bonds is 8. The lowest BCUT2D eigenvalue weighted by atomic mass is 10.1. The second-order valence-corrected chi connectivity index (χ2v) is 6.78. The van der Waals surface area contributed by atoms with Crippen molar-refractivity contribution in [2.75, 3.05) is 33.9 Å². The van der Waals surface area contributed by atoms with Crippen LogP contribution in [0.15, 0.2) is 52.9 Å². The highest BCUT2D eigenvalue weighted by Gasteiger charge is 2.23. The van der Waals surface area contributed by atoms with Gasteiger partial charge in [-0.25, -0.2) is 4.79 Å². The van der Waals surface area contributed by atoms with Crippen molar-refractivity contribution in [2.24, 2.45) is 0 Å². The summed E-state index contributed by atoms with van der Waals surface area (Å²) in [4.78, 5) is 14.5. The first kappa shape index (κ1) is 19.9. The number of benzene rings is 2. The van der Waals surface area contributed by atoms with Crippen LogP contribution in [0.1, 0.15) is 17.3 Å². The largest absolute Gasteiger partial charge is 0.491 e. The Balaban J connectivity index is 1.97. The van der Waals surface area contributed by atoms with Crippen molar-refractivity contribution in [3.05, 3.63) is 54.1 Å². The molecule has 0 amide bonds. The van der Waals surface area contributed by atoms with Gasteiger partial charge in [0.05, 0.1) is 6.61 Å². The highest BCUT2D eigenvalue weighted by Crippen LogP contribution is 2.36. The Bertz CT molecular complexity index is 933. The van der Waals surface area contributed by atoms with Crippen LogP contribution in [0.5, 0.6) is 5.75 Å². The van der Waals surface area contributed by atoms with Crippen LogP contribution in [-0.4, -0.2) is 55.9 Å². The van der Waals surface area contributed by atoms with Gasteiger partial charge in [-0.15, -0.1) is 0 Å². The van der Waals surface area contributed by atoms with Crippen LogP contribution < -0.4 is 4.74 Å². The minimum atomic E-state index is -0.612. The lowest BCUT2D eigenvalue weighted by Gasteiger charge is -2.16. The van der Waals surface area contributed by atoms with Gasteiger partial charge in [-0.2, -0.15) is 0 Å². The number of likely N-dealkylation sites (N-methyl/N-ethyl adjacent to an activating group) is 1. The summed E-state index contributed by atoms with van der Waals surface area (Å²) in [7, 11) is 3.77. The van der Waals surface area contributed by atoms with E-state index in [-0.39, 0.29) is 13.2 Å². The maximum atomic E-state index is 12.6. The molecular formula is C22H25NO5. The number of fused-ring (bicyclic) bond motifs is 1. The highest BCUT2D eigenvalue weighted by atomic mass is 16.5. The summed E-state index contributed by atoms with van der Waals surface area (Å²) in [5, 5.41) is 10.6. The molecule has 1 N–H and O–H groups in total. The molecule has 1 heterocycles. The summed E-state index contributed by atoms with van der Waals surface area (Å²) in [5.74, 6) is 0.583. The standard InChI is InChI=1S/C22H25NO5/c1-4-26-22(25)20-18-12-17(27-14-16(24)13-23(2)3)10-11-19(18)28-21(20)15-8-6-5-7-9-15/h5-12,16,24H,4,13-14H2,1-3H3/t16-/m0/s1. The summed E-state index contributed by atoms with van der Waals surface area (Å²) >= 11 is 0. The first-order valence-corrected chi connectivity index (χ1v) is 9.24. The van der Waals surface area contributed by atoms with Gasteiger partial charge in [-0.3, -0.25) is 0 Å². The van der Waals surface area contributed by atoms with Crippen LogP contribution in [0.3, 0.4) is 0 Å². The number of aliphatic hydroxyl groups excluding tert-OH is 1. The molecule has 0 saturated carbocycles. The molecule has 1 aromatic heterocycles. The lowest BCUT2D eigenvalue weighted by molar-refractivity contribution is 0.0528. The molecule has 0 radical (unpaired) electrons. The highest BCUT2D eigenvalue weighted by molar-refractivity contribution is 6.09. The Hall–Kier alpha value is -2.83. The zero-order valence-corrected chi connectivity index (χ0v) is 16.3. The van der Waals surface area contributed by atoms with E-state index in [4.69, 9.17) is 13.9 Å². The Kier molecular flexibility index (Phi) is 6.34. The third-order valence-corrected chi connectivity index (χ3v) is 4.19. The van der Waals surface area contributed by atoms with Gasteiger partial charge in [0.15, 0.2) is 0 Å². The molecule has 6 nitrogen and oxygen atoms in total. The molecule has 1 atom stereocenters. The van der Waals surface area contributed by atoms with Gasteiger partial charge in [0, 0.05) is 17.5 Å². The minimum Gasteiger partial charge on any atom is -0.491 e. The van der Waals surface area contributed by atoms with Crippen LogP contribution in [0.4, 0.5) is 0 Å². The van der Waals surface area contributed by atoms with Crippen LogP contribution >= 0.6 is 0 Å². The van der Waals surface area contributed by atoms with E-state index < -0.39 is 12.1 Å². The van der Waals surface area contributed by atoms with Gasteiger partial charge in [0.2, 0.25) is 0 Å². The average molecular weight is 383 g/mol. The van der Waals surface area contributed by atoms with E-state index in [1.807, 2.05) is 49.3 Å². The molecule has 0 aliphatic rings. The molecular weight excluding hydrogens is 358 g/mol. The Morgan fingerprint density at radius 2 is 1.93 bits per heavy atom. The van der Waals surface area contributed by atoms with Crippen molar-refractivity contribution < 1.29 is 23.8 Å². The third kappa shape index (κ3) is 4.52. The molecule has 3 aromatic rings. The third-order valence-electron chi connectivity index (χ3n) is 4.19. The number of esters is 1. The normalized spacial score (nSPS) is 12.3. The molecule has 6 heteroatoms. The van der Waals surface area contributed by atoms with Crippen molar-refractivity contribution in [1.82, 2.24) is 4.90 Å². The molecule has 148 valence electrons. The van der Waals surface area contributed by atoms with Gasteiger partial charge >= 0.3 is 5.97 Å². The topological polar surface area (TPSA) is 72.1 Å². The summed E-state index contributed by atoms with van der Waals surface area (Å²) < 4.78 is 16.9. The number of hydrogen-bond donors (Lipinski definition) is 1. The summed E-state index contributed by atoms with van der Waals surface area (Å²) in [6, 6.07) is 14.7. The van der Waals surface area contributed by atoms with Crippen molar-refractivity contribution >= 4 is 16.9 Å². The van der Waals surface area contributed by atoms with Gasteiger partial charge < -0.3 is 23.9 Å². The first-order valence-electron chi connectivity index (χ1n) is 9.24. The maximum absolute atomic E-state index is 12.6. The smallest absolute Gasteiger partial charge is 0.342 e. The first-order chi connectivity index (χ1) is 13.5. The molecule has 0 saturated heterocycles. The molecule has 3 rings (SSSR count). The van der Waals surface area contributed by atoms with Crippen LogP contribution in [0.25, 0.3) is 22.3 Å². The average Bonchev–Trinajstić information content (AvgIpc) is 3.05. The number of nitrogens with zero attached hydrogens (tertiary/aromatic N) is 1. The number of carbonyl (C=O) groups excluding carboxylic acids is 1. The van der Waals surface area contributed by atoms with Crippen molar-refractivity contribution in [3.8, 4) is 17.1 Å². The summed E-state index contributed by atoms with van der Waals surface area (Å²) in [6.07, 6.45) is -0.612. The lowest BCUT2D eigenvalue weighted by Crippen LogP contribution is -2.30. The molecule has 0 fully saturated rings. The van der Waals surface area contributed by atoms with Gasteiger partial charge in [0.25, 0.3) is 0 Å².